The molecule has 0 spiro atoms. The van der Waals surface area contributed by atoms with Crippen LogP contribution in [0.1, 0.15) is 73.1 Å². The Morgan fingerprint density at radius 2 is 1.54 bits per heavy atom. The molecule has 1 aliphatic carbocycles. The van der Waals surface area contributed by atoms with Gasteiger partial charge in [0.15, 0.2) is 0 Å². The van der Waals surface area contributed by atoms with Crippen molar-refractivity contribution in [1.29, 1.82) is 0 Å². The molecule has 0 radical (unpaired) electrons. The van der Waals surface area contributed by atoms with Gasteiger partial charge in [-0.2, -0.15) is 0 Å². The largest absolute Gasteiger partial charge is 0.463 e. The van der Waals surface area contributed by atoms with Crippen LogP contribution >= 0.6 is 0 Å². The molecule has 0 bridgehead atoms. The quantitative estimate of drug-likeness (QED) is 0.451. The number of ether oxygens (including phenoxy) is 2. The molecule has 0 amide bonds. The van der Waals surface area contributed by atoms with Crippen molar-refractivity contribution in [2.45, 2.75) is 73.1 Å². The van der Waals surface area contributed by atoms with Crippen molar-refractivity contribution in [3.63, 3.8) is 0 Å². The topological polar surface area (TPSA) is 52.6 Å². The van der Waals surface area contributed by atoms with Gasteiger partial charge in [-0.1, -0.05) is 32.6 Å². The first-order valence-corrected chi connectivity index (χ1v) is 9.22. The highest BCUT2D eigenvalue weighted by Crippen LogP contribution is 2.38. The van der Waals surface area contributed by atoms with Crippen LogP contribution in [-0.4, -0.2) is 25.2 Å². The van der Waals surface area contributed by atoms with E-state index in [1.165, 1.54) is 12.8 Å². The Morgan fingerprint density at radius 3 is 2.12 bits per heavy atom. The lowest BCUT2D eigenvalue weighted by Crippen LogP contribution is -2.25. The third-order valence-electron chi connectivity index (χ3n) is 4.70. The summed E-state index contributed by atoms with van der Waals surface area (Å²) in [5, 5.41) is 0. The van der Waals surface area contributed by atoms with E-state index in [0.29, 0.717) is 25.2 Å². The molecule has 24 heavy (non-hydrogen) atoms. The number of unbranched alkanes of at least 4 members (excludes halogenated alkanes) is 3. The van der Waals surface area contributed by atoms with Gasteiger partial charge < -0.3 is 9.47 Å². The zero-order valence-corrected chi connectivity index (χ0v) is 15.9. The molecular weight excluding hydrogens is 304 g/mol. The highest BCUT2D eigenvalue weighted by molar-refractivity contribution is 5.96. The molecule has 1 rings (SSSR count). The maximum Gasteiger partial charge on any atom is 0.334 e. The van der Waals surface area contributed by atoms with Gasteiger partial charge >= 0.3 is 11.9 Å². The Bertz CT molecular complexity index is 514. The molecule has 0 aromatic rings. The summed E-state index contributed by atoms with van der Waals surface area (Å²) in [6.45, 7) is 10.4. The maximum absolute atomic E-state index is 12.4. The maximum atomic E-state index is 12.4. The van der Waals surface area contributed by atoms with Crippen molar-refractivity contribution < 1.29 is 19.1 Å². The predicted octanol–water partition coefficient (Wildman–Crippen LogP) is 4.74. The van der Waals surface area contributed by atoms with Crippen molar-refractivity contribution in [1.82, 2.24) is 0 Å². The van der Waals surface area contributed by atoms with Crippen molar-refractivity contribution >= 4 is 11.9 Å². The second kappa shape index (κ2) is 10.3. The first-order chi connectivity index (χ1) is 11.5. The van der Waals surface area contributed by atoms with Gasteiger partial charge in [-0.3, -0.25) is 0 Å². The van der Waals surface area contributed by atoms with E-state index in [0.717, 1.165) is 36.0 Å². The average molecular weight is 336 g/mol. The number of hydrogen-bond donors (Lipinski definition) is 0. The van der Waals surface area contributed by atoms with Crippen LogP contribution in [0.4, 0.5) is 0 Å². The molecule has 1 unspecified atom stereocenters. The lowest BCUT2D eigenvalue weighted by molar-refractivity contribution is -0.141. The number of esters is 2. The lowest BCUT2D eigenvalue weighted by Gasteiger charge is -2.28. The van der Waals surface area contributed by atoms with Crippen molar-refractivity contribution in [2.24, 2.45) is 5.92 Å². The fourth-order valence-corrected chi connectivity index (χ4v) is 3.28. The monoisotopic (exact) mass is 336 g/mol. The van der Waals surface area contributed by atoms with Gasteiger partial charge in [0.1, 0.15) is 0 Å². The molecule has 0 saturated carbocycles. The van der Waals surface area contributed by atoms with Crippen molar-refractivity contribution in [3.05, 3.63) is 22.3 Å². The molecule has 1 aliphatic rings. The van der Waals surface area contributed by atoms with E-state index in [-0.39, 0.29) is 17.9 Å². The first-order valence-electron chi connectivity index (χ1n) is 9.22. The highest BCUT2D eigenvalue weighted by atomic mass is 16.5. The van der Waals surface area contributed by atoms with Gasteiger partial charge in [0.2, 0.25) is 0 Å². The van der Waals surface area contributed by atoms with Crippen LogP contribution in [0.3, 0.4) is 0 Å². The average Bonchev–Trinajstić information content (AvgIpc) is 2.54. The Labute approximate surface area is 146 Å². The normalized spacial score (nSPS) is 18.0. The van der Waals surface area contributed by atoms with Gasteiger partial charge in [-0.05, 0) is 57.6 Å². The highest BCUT2D eigenvalue weighted by Gasteiger charge is 2.33. The van der Waals surface area contributed by atoms with Gasteiger partial charge in [-0.25, -0.2) is 9.59 Å². The Balaban J connectivity index is 3.07. The number of hydrogen-bond acceptors (Lipinski definition) is 4. The molecule has 0 fully saturated rings. The fraction of sp³-hybridized carbons (Fsp3) is 0.700. The zero-order chi connectivity index (χ0) is 18.1. The standard InChI is InChI=1S/C20H32O4/c1-6-9-10-11-12-16-13-17(19(21)23-7-2)14(4)15(5)18(16)20(22)24-8-3/h16H,6-13H2,1-5H3. The summed E-state index contributed by atoms with van der Waals surface area (Å²) in [4.78, 5) is 24.7. The van der Waals surface area contributed by atoms with E-state index < -0.39 is 0 Å². The van der Waals surface area contributed by atoms with Crippen LogP contribution in [0, 0.1) is 5.92 Å². The molecule has 4 heteroatoms. The molecule has 0 aromatic carbocycles. The number of rotatable bonds is 9. The summed E-state index contributed by atoms with van der Waals surface area (Å²) in [6, 6.07) is 0. The Kier molecular flexibility index (Phi) is 8.80. The fourth-order valence-electron chi connectivity index (χ4n) is 3.28. The van der Waals surface area contributed by atoms with Crippen molar-refractivity contribution in [3.8, 4) is 0 Å². The van der Waals surface area contributed by atoms with Gasteiger partial charge in [0.25, 0.3) is 0 Å². The third kappa shape index (κ3) is 5.22. The van der Waals surface area contributed by atoms with Gasteiger partial charge in [-0.15, -0.1) is 0 Å². The number of carbonyl (C=O) groups excluding carboxylic acids is 2. The minimum atomic E-state index is -0.254. The van der Waals surface area contributed by atoms with Crippen LogP contribution < -0.4 is 0 Å². The SMILES string of the molecule is CCCCCCC1CC(C(=O)OCC)=C(C)C(C)=C1C(=O)OCC. The summed E-state index contributed by atoms with van der Waals surface area (Å²) >= 11 is 0. The summed E-state index contributed by atoms with van der Waals surface area (Å²) in [5.74, 6) is -0.447. The minimum absolute atomic E-state index is 0.0454. The number of allylic oxidation sites excluding steroid dienone is 2. The van der Waals surface area contributed by atoms with E-state index in [9.17, 15) is 9.59 Å². The summed E-state index contributed by atoms with van der Waals surface area (Å²) < 4.78 is 10.5. The van der Waals surface area contributed by atoms with Crippen LogP contribution in [0.2, 0.25) is 0 Å². The second-order valence-corrected chi connectivity index (χ2v) is 6.33. The smallest absolute Gasteiger partial charge is 0.334 e. The summed E-state index contributed by atoms with van der Waals surface area (Å²) in [6.07, 6.45) is 6.06. The third-order valence-corrected chi connectivity index (χ3v) is 4.70. The van der Waals surface area contributed by atoms with Gasteiger partial charge in [0, 0.05) is 11.1 Å². The molecule has 0 aromatic heterocycles. The molecule has 4 nitrogen and oxygen atoms in total. The molecule has 0 saturated heterocycles. The summed E-state index contributed by atoms with van der Waals surface area (Å²) in [5.41, 5.74) is 3.20. The van der Waals surface area contributed by atoms with E-state index in [1.807, 2.05) is 27.7 Å². The van der Waals surface area contributed by atoms with Crippen LogP contribution in [0.15, 0.2) is 22.3 Å². The van der Waals surface area contributed by atoms with Gasteiger partial charge in [0.05, 0.1) is 13.2 Å². The van der Waals surface area contributed by atoms with Crippen LogP contribution in [0.5, 0.6) is 0 Å². The van der Waals surface area contributed by atoms with E-state index in [1.54, 1.807) is 0 Å². The molecular formula is C20H32O4. The van der Waals surface area contributed by atoms with Crippen LogP contribution in [0.25, 0.3) is 0 Å². The number of carbonyl (C=O) groups is 2. The molecule has 0 N–H and O–H groups in total. The minimum Gasteiger partial charge on any atom is -0.463 e. The van der Waals surface area contributed by atoms with E-state index in [4.69, 9.17) is 9.47 Å². The lowest BCUT2D eigenvalue weighted by atomic mass is 9.77. The molecule has 0 aliphatic heterocycles. The van der Waals surface area contributed by atoms with E-state index >= 15 is 0 Å². The molecule has 0 heterocycles. The molecule has 136 valence electrons. The molecule has 1 atom stereocenters. The first kappa shape index (κ1) is 20.5. The Morgan fingerprint density at radius 1 is 0.917 bits per heavy atom. The predicted molar refractivity (Wildman–Crippen MR) is 95.5 cm³/mol. The summed E-state index contributed by atoms with van der Waals surface area (Å²) in [7, 11) is 0. The van der Waals surface area contributed by atoms with E-state index in [2.05, 4.69) is 6.92 Å². The van der Waals surface area contributed by atoms with Crippen molar-refractivity contribution in [2.75, 3.05) is 13.2 Å². The Hall–Kier alpha value is -1.58. The van der Waals surface area contributed by atoms with Crippen LogP contribution in [-0.2, 0) is 19.1 Å². The zero-order valence-electron chi connectivity index (χ0n) is 15.9. The second-order valence-electron chi connectivity index (χ2n) is 6.33.